The van der Waals surface area contributed by atoms with E-state index in [0.29, 0.717) is 17.6 Å². The van der Waals surface area contributed by atoms with E-state index in [2.05, 4.69) is 71.3 Å². The molecular formula is C39H24N4O. The average Bonchev–Trinajstić information content (AvgIpc) is 3.36. The number of benzene rings is 6. The van der Waals surface area contributed by atoms with Crippen molar-refractivity contribution >= 4 is 43.7 Å². The zero-order valence-electron chi connectivity index (χ0n) is 23.6. The summed E-state index contributed by atoms with van der Waals surface area (Å²) in [5, 5.41) is 4.32. The monoisotopic (exact) mass is 564 g/mol. The van der Waals surface area contributed by atoms with Gasteiger partial charge in [0, 0.05) is 27.5 Å². The minimum Gasteiger partial charge on any atom is -0.455 e. The normalized spacial score (nSPS) is 11.6. The van der Waals surface area contributed by atoms with Gasteiger partial charge in [0.1, 0.15) is 11.2 Å². The van der Waals surface area contributed by atoms with Gasteiger partial charge in [-0.1, -0.05) is 121 Å². The van der Waals surface area contributed by atoms with Crippen molar-refractivity contribution in [2.24, 2.45) is 0 Å². The second-order valence-corrected chi connectivity index (χ2v) is 10.9. The molecule has 6 aromatic carbocycles. The van der Waals surface area contributed by atoms with E-state index in [4.69, 9.17) is 19.4 Å². The number of hydrogen-bond acceptors (Lipinski definition) is 4. The van der Waals surface area contributed by atoms with Crippen LogP contribution < -0.4 is 0 Å². The quantitative estimate of drug-likeness (QED) is 0.213. The summed E-state index contributed by atoms with van der Waals surface area (Å²) >= 11 is 0. The lowest BCUT2D eigenvalue weighted by atomic mass is 10.0. The maximum absolute atomic E-state index is 6.88. The number of fused-ring (bicyclic) bond motifs is 2. The van der Waals surface area contributed by atoms with Gasteiger partial charge in [0.15, 0.2) is 11.6 Å². The zero-order chi connectivity index (χ0) is 29.0. The van der Waals surface area contributed by atoms with Crippen molar-refractivity contribution in [3.05, 3.63) is 146 Å². The summed E-state index contributed by atoms with van der Waals surface area (Å²) in [5.74, 6) is 1.80. The summed E-state index contributed by atoms with van der Waals surface area (Å²) in [5.41, 5.74) is 7.64. The molecule has 3 heterocycles. The molecule has 44 heavy (non-hydrogen) atoms. The highest BCUT2D eigenvalue weighted by Gasteiger charge is 2.23. The summed E-state index contributed by atoms with van der Waals surface area (Å²) in [6.45, 7) is 0. The number of nitrogens with zero attached hydrogens (tertiary/aromatic N) is 4. The highest BCUT2D eigenvalue weighted by atomic mass is 16.3. The number of para-hydroxylation sites is 1. The van der Waals surface area contributed by atoms with Gasteiger partial charge in [0.05, 0.1) is 16.4 Å². The van der Waals surface area contributed by atoms with Crippen molar-refractivity contribution in [3.63, 3.8) is 0 Å². The molecule has 0 N–H and O–H groups in total. The molecule has 0 saturated carbocycles. The first-order valence-electron chi connectivity index (χ1n) is 14.6. The highest BCUT2D eigenvalue weighted by Crippen LogP contribution is 2.43. The van der Waals surface area contributed by atoms with Crippen LogP contribution in [0.2, 0.25) is 0 Å². The van der Waals surface area contributed by atoms with Crippen LogP contribution >= 0.6 is 0 Å². The minimum atomic E-state index is 0.558. The Morgan fingerprint density at radius 1 is 0.432 bits per heavy atom. The summed E-state index contributed by atoms with van der Waals surface area (Å²) in [7, 11) is 0. The lowest BCUT2D eigenvalue weighted by Crippen LogP contribution is -2.06. The molecule has 0 aliphatic heterocycles. The van der Waals surface area contributed by atoms with Gasteiger partial charge in [-0.15, -0.1) is 0 Å². The second kappa shape index (κ2) is 9.75. The van der Waals surface area contributed by atoms with Crippen molar-refractivity contribution in [1.29, 1.82) is 0 Å². The van der Waals surface area contributed by atoms with Crippen molar-refractivity contribution < 1.29 is 4.42 Å². The third kappa shape index (κ3) is 3.76. The third-order valence-corrected chi connectivity index (χ3v) is 8.27. The Labute approximate surface area is 252 Å². The van der Waals surface area contributed by atoms with Gasteiger partial charge < -0.3 is 4.42 Å². The van der Waals surface area contributed by atoms with Crippen LogP contribution in [-0.2, 0) is 0 Å². The largest absolute Gasteiger partial charge is 0.455 e. The van der Waals surface area contributed by atoms with E-state index in [9.17, 15) is 0 Å². The summed E-state index contributed by atoms with van der Waals surface area (Å²) in [6.07, 6.45) is 0. The summed E-state index contributed by atoms with van der Waals surface area (Å²) in [4.78, 5) is 15.1. The van der Waals surface area contributed by atoms with E-state index >= 15 is 0 Å². The Balaban J connectivity index is 1.45. The molecule has 206 valence electrons. The molecule has 0 atom stereocenters. The van der Waals surface area contributed by atoms with Gasteiger partial charge in [-0.05, 0) is 35.2 Å². The minimum absolute atomic E-state index is 0.558. The molecule has 9 rings (SSSR count). The topological polar surface area (TPSA) is 56.7 Å². The Morgan fingerprint density at radius 3 is 1.68 bits per heavy atom. The number of hydrogen-bond donors (Lipinski definition) is 0. The Morgan fingerprint density at radius 2 is 1.00 bits per heavy atom. The van der Waals surface area contributed by atoms with Crippen LogP contribution in [0.15, 0.2) is 150 Å². The lowest BCUT2D eigenvalue weighted by Gasteiger charge is -2.11. The van der Waals surface area contributed by atoms with Gasteiger partial charge in [0.25, 0.3) is 0 Å². The Bertz CT molecular complexity index is 2420. The molecule has 5 heteroatoms. The van der Waals surface area contributed by atoms with Crippen LogP contribution in [0.1, 0.15) is 0 Å². The zero-order valence-corrected chi connectivity index (χ0v) is 23.6. The van der Waals surface area contributed by atoms with Gasteiger partial charge in [0.2, 0.25) is 5.95 Å². The molecule has 0 aliphatic rings. The first kappa shape index (κ1) is 24.5. The molecule has 0 spiro atoms. The molecule has 0 aliphatic carbocycles. The smallest absolute Gasteiger partial charge is 0.238 e. The fourth-order valence-electron chi connectivity index (χ4n) is 6.30. The van der Waals surface area contributed by atoms with E-state index in [1.807, 2.05) is 78.9 Å². The van der Waals surface area contributed by atoms with E-state index in [1.54, 1.807) is 0 Å². The van der Waals surface area contributed by atoms with Crippen molar-refractivity contribution in [1.82, 2.24) is 19.5 Å². The van der Waals surface area contributed by atoms with E-state index in [1.165, 1.54) is 0 Å². The molecule has 0 fully saturated rings. The number of rotatable bonds is 4. The van der Waals surface area contributed by atoms with Crippen LogP contribution in [0.5, 0.6) is 0 Å². The molecule has 0 saturated heterocycles. The standard InChI is InChI=1S/C39H24N4O/c1-4-13-25(14-5-1)28-23-24-32-35-34-30(29-19-10-11-22-33(29)44-36(28)35)20-12-21-31(34)43(32)39-41-37(26-15-6-2-7-16-26)40-38(42-39)27-17-8-3-9-18-27/h1-24H. The van der Waals surface area contributed by atoms with Crippen LogP contribution in [-0.4, -0.2) is 19.5 Å². The molecule has 0 amide bonds. The van der Waals surface area contributed by atoms with Crippen LogP contribution in [0.3, 0.4) is 0 Å². The molecular weight excluding hydrogens is 540 g/mol. The molecule has 0 radical (unpaired) electrons. The van der Waals surface area contributed by atoms with E-state index in [0.717, 1.165) is 66.0 Å². The predicted octanol–water partition coefficient (Wildman–Crippen LogP) is 9.87. The number of aromatic nitrogens is 4. The fourth-order valence-corrected chi connectivity index (χ4v) is 6.30. The highest BCUT2D eigenvalue weighted by molar-refractivity contribution is 6.28. The summed E-state index contributed by atoms with van der Waals surface area (Å²) < 4.78 is 9.03. The van der Waals surface area contributed by atoms with Gasteiger partial charge >= 0.3 is 0 Å². The van der Waals surface area contributed by atoms with Crippen molar-refractivity contribution in [3.8, 4) is 39.9 Å². The van der Waals surface area contributed by atoms with Gasteiger partial charge in [-0.3, -0.25) is 4.57 Å². The average molecular weight is 565 g/mol. The maximum Gasteiger partial charge on any atom is 0.238 e. The van der Waals surface area contributed by atoms with Crippen LogP contribution in [0.25, 0.3) is 83.6 Å². The van der Waals surface area contributed by atoms with E-state index in [-0.39, 0.29) is 0 Å². The third-order valence-electron chi connectivity index (χ3n) is 8.27. The molecule has 0 unspecified atom stereocenters. The predicted molar refractivity (Wildman–Crippen MR) is 178 cm³/mol. The lowest BCUT2D eigenvalue weighted by molar-refractivity contribution is 0.665. The van der Waals surface area contributed by atoms with Crippen molar-refractivity contribution in [2.75, 3.05) is 0 Å². The Kier molecular flexibility index (Phi) is 5.43. The molecule has 5 nitrogen and oxygen atoms in total. The second-order valence-electron chi connectivity index (χ2n) is 10.9. The SMILES string of the molecule is c1ccc(-c2nc(-c3ccccc3)nc(-n3c4ccc(-c5ccccc5)c5oc6ccccc6c6cccc3c6c54)n2)cc1. The maximum atomic E-state index is 6.88. The van der Waals surface area contributed by atoms with Crippen molar-refractivity contribution in [2.45, 2.75) is 0 Å². The molecule has 0 bridgehead atoms. The summed E-state index contributed by atoms with van der Waals surface area (Å²) in [6, 6.07) is 49.6. The molecule has 3 aromatic heterocycles. The fraction of sp³-hybridized carbons (Fsp3) is 0. The van der Waals surface area contributed by atoms with Gasteiger partial charge in [-0.2, -0.15) is 9.97 Å². The first-order chi connectivity index (χ1) is 21.8. The van der Waals surface area contributed by atoms with Crippen LogP contribution in [0.4, 0.5) is 0 Å². The van der Waals surface area contributed by atoms with Gasteiger partial charge in [-0.25, -0.2) is 4.98 Å². The van der Waals surface area contributed by atoms with E-state index < -0.39 is 0 Å². The first-order valence-corrected chi connectivity index (χ1v) is 14.6. The Hall–Kier alpha value is -6.07. The van der Waals surface area contributed by atoms with Crippen LogP contribution in [0, 0.1) is 0 Å². The molecule has 9 aromatic rings.